The Kier molecular flexibility index (Phi) is 6.91. The molecule has 0 heterocycles. The average Bonchev–Trinajstić information content (AvgIpc) is 2.63. The van der Waals surface area contributed by atoms with Crippen LogP contribution in [0.4, 0.5) is 11.4 Å². The number of nitrogens with one attached hydrogen (secondary N) is 2. The van der Waals surface area contributed by atoms with Gasteiger partial charge >= 0.3 is 5.97 Å². The van der Waals surface area contributed by atoms with E-state index in [9.17, 15) is 14.4 Å². The van der Waals surface area contributed by atoms with Crippen molar-refractivity contribution in [1.82, 2.24) is 0 Å². The van der Waals surface area contributed by atoms with Crippen LogP contribution in [-0.2, 0) is 14.3 Å². The second-order valence-electron chi connectivity index (χ2n) is 5.70. The van der Waals surface area contributed by atoms with Gasteiger partial charge in [0.2, 0.25) is 5.91 Å². The monoisotopic (exact) mass is 354 g/mol. The van der Waals surface area contributed by atoms with Gasteiger partial charge in [0, 0.05) is 23.4 Å². The number of carbonyl (C=O) groups is 3. The lowest BCUT2D eigenvalue weighted by molar-refractivity contribution is -0.144. The highest BCUT2D eigenvalue weighted by Crippen LogP contribution is 2.20. The molecule has 0 fully saturated rings. The quantitative estimate of drug-likeness (QED) is 0.745. The summed E-state index contributed by atoms with van der Waals surface area (Å²) in [6.07, 6.45) is 0.105. The predicted molar refractivity (Wildman–Crippen MR) is 100 cm³/mol. The Labute approximate surface area is 152 Å². The molecule has 0 aliphatic heterocycles. The molecule has 26 heavy (non-hydrogen) atoms. The molecule has 6 nitrogen and oxygen atoms in total. The number of esters is 1. The maximum Gasteiger partial charge on any atom is 0.306 e. The fourth-order valence-corrected chi connectivity index (χ4v) is 2.34. The van der Waals surface area contributed by atoms with Gasteiger partial charge in [0.15, 0.2) is 0 Å². The van der Waals surface area contributed by atoms with E-state index in [4.69, 9.17) is 4.74 Å². The van der Waals surface area contributed by atoms with Crippen LogP contribution in [0.3, 0.4) is 0 Å². The molecule has 2 N–H and O–H groups in total. The SMILES string of the molecule is CCOC(=O)CCC(=O)Nc1ccc(NC(=O)c2ccccc2)c(C)c1. The molecule has 0 radical (unpaired) electrons. The number of aryl methyl sites for hydroxylation is 1. The van der Waals surface area contributed by atoms with E-state index in [0.29, 0.717) is 23.5 Å². The summed E-state index contributed by atoms with van der Waals surface area (Å²) >= 11 is 0. The zero-order chi connectivity index (χ0) is 18.9. The Morgan fingerprint density at radius 1 is 0.962 bits per heavy atom. The van der Waals surface area contributed by atoms with Crippen molar-refractivity contribution in [1.29, 1.82) is 0 Å². The number of anilines is 2. The highest BCUT2D eigenvalue weighted by molar-refractivity contribution is 6.04. The lowest BCUT2D eigenvalue weighted by Crippen LogP contribution is -2.15. The molecule has 2 aromatic carbocycles. The average molecular weight is 354 g/mol. The van der Waals surface area contributed by atoms with E-state index in [1.165, 1.54) is 0 Å². The zero-order valence-electron chi connectivity index (χ0n) is 14.9. The third-order valence-corrected chi connectivity index (χ3v) is 3.66. The molecule has 2 aromatic rings. The van der Waals surface area contributed by atoms with Gasteiger partial charge in [-0.15, -0.1) is 0 Å². The van der Waals surface area contributed by atoms with Gasteiger partial charge in [-0.2, -0.15) is 0 Å². The largest absolute Gasteiger partial charge is 0.466 e. The second kappa shape index (κ2) is 9.36. The molecule has 0 saturated carbocycles. The molecule has 0 unspecified atom stereocenters. The van der Waals surface area contributed by atoms with Gasteiger partial charge in [-0.1, -0.05) is 18.2 Å². The smallest absolute Gasteiger partial charge is 0.306 e. The normalized spacial score (nSPS) is 10.1. The maximum atomic E-state index is 12.2. The first-order valence-corrected chi connectivity index (χ1v) is 8.42. The molecular weight excluding hydrogens is 332 g/mol. The van der Waals surface area contributed by atoms with E-state index >= 15 is 0 Å². The summed E-state index contributed by atoms with van der Waals surface area (Å²) in [7, 11) is 0. The summed E-state index contributed by atoms with van der Waals surface area (Å²) in [5.74, 6) is -0.851. The van der Waals surface area contributed by atoms with E-state index in [-0.39, 0.29) is 24.7 Å². The summed E-state index contributed by atoms with van der Waals surface area (Å²) < 4.78 is 4.79. The van der Waals surface area contributed by atoms with E-state index in [0.717, 1.165) is 5.56 Å². The fourth-order valence-electron chi connectivity index (χ4n) is 2.34. The molecule has 0 aromatic heterocycles. The van der Waals surface area contributed by atoms with Crippen LogP contribution < -0.4 is 10.6 Å². The molecule has 0 saturated heterocycles. The molecular formula is C20H22N2O4. The first kappa shape index (κ1) is 19.2. The van der Waals surface area contributed by atoms with Crippen molar-refractivity contribution >= 4 is 29.2 Å². The van der Waals surface area contributed by atoms with E-state index < -0.39 is 5.97 Å². The molecule has 136 valence electrons. The van der Waals surface area contributed by atoms with Crippen LogP contribution in [0.25, 0.3) is 0 Å². The third kappa shape index (κ3) is 5.73. The Hall–Kier alpha value is -3.15. The van der Waals surface area contributed by atoms with Crippen molar-refractivity contribution in [2.24, 2.45) is 0 Å². The number of benzene rings is 2. The van der Waals surface area contributed by atoms with E-state index in [2.05, 4.69) is 10.6 Å². The van der Waals surface area contributed by atoms with Gasteiger partial charge in [-0.3, -0.25) is 14.4 Å². The first-order valence-electron chi connectivity index (χ1n) is 8.42. The number of hydrogen-bond donors (Lipinski definition) is 2. The number of rotatable bonds is 7. The van der Waals surface area contributed by atoms with Gasteiger partial charge in [0.1, 0.15) is 0 Å². The summed E-state index contributed by atoms with van der Waals surface area (Å²) in [5, 5.41) is 5.58. The fraction of sp³-hybridized carbons (Fsp3) is 0.250. The Morgan fingerprint density at radius 2 is 1.69 bits per heavy atom. The molecule has 2 rings (SSSR count). The minimum absolute atomic E-state index is 0.0455. The number of carbonyl (C=O) groups excluding carboxylic acids is 3. The van der Waals surface area contributed by atoms with Crippen LogP contribution in [0.2, 0.25) is 0 Å². The zero-order valence-corrected chi connectivity index (χ0v) is 14.9. The predicted octanol–water partition coefficient (Wildman–Crippen LogP) is 3.53. The van der Waals surface area contributed by atoms with Gasteiger partial charge < -0.3 is 15.4 Å². The van der Waals surface area contributed by atoms with Crippen LogP contribution in [0.1, 0.15) is 35.7 Å². The summed E-state index contributed by atoms with van der Waals surface area (Å²) in [5.41, 5.74) is 2.66. The summed E-state index contributed by atoms with van der Waals surface area (Å²) in [4.78, 5) is 35.4. The third-order valence-electron chi connectivity index (χ3n) is 3.66. The number of hydrogen-bond acceptors (Lipinski definition) is 4. The molecule has 0 aliphatic rings. The van der Waals surface area contributed by atoms with E-state index in [1.807, 2.05) is 13.0 Å². The second-order valence-corrected chi connectivity index (χ2v) is 5.70. The van der Waals surface area contributed by atoms with Crippen LogP contribution in [0.15, 0.2) is 48.5 Å². The van der Waals surface area contributed by atoms with Crippen molar-refractivity contribution in [3.8, 4) is 0 Å². The van der Waals surface area contributed by atoms with Crippen molar-refractivity contribution in [2.45, 2.75) is 26.7 Å². The highest BCUT2D eigenvalue weighted by Gasteiger charge is 2.10. The van der Waals surface area contributed by atoms with E-state index in [1.54, 1.807) is 49.4 Å². The maximum absolute atomic E-state index is 12.2. The molecule has 0 aliphatic carbocycles. The molecule has 0 atom stereocenters. The Balaban J connectivity index is 1.93. The number of amides is 2. The molecule has 0 bridgehead atoms. The van der Waals surface area contributed by atoms with Gasteiger partial charge in [-0.05, 0) is 49.7 Å². The Morgan fingerprint density at radius 3 is 2.35 bits per heavy atom. The topological polar surface area (TPSA) is 84.5 Å². The summed E-state index contributed by atoms with van der Waals surface area (Å²) in [6, 6.07) is 14.1. The Bertz CT molecular complexity index is 788. The lowest BCUT2D eigenvalue weighted by Gasteiger charge is -2.11. The highest BCUT2D eigenvalue weighted by atomic mass is 16.5. The minimum atomic E-state index is -0.391. The van der Waals surface area contributed by atoms with Crippen LogP contribution in [-0.4, -0.2) is 24.4 Å². The minimum Gasteiger partial charge on any atom is -0.466 e. The van der Waals surface area contributed by atoms with Crippen LogP contribution in [0.5, 0.6) is 0 Å². The van der Waals surface area contributed by atoms with Crippen molar-refractivity contribution in [3.05, 3.63) is 59.7 Å². The first-order chi connectivity index (χ1) is 12.5. The molecule has 0 spiro atoms. The van der Waals surface area contributed by atoms with Crippen LogP contribution >= 0.6 is 0 Å². The van der Waals surface area contributed by atoms with Gasteiger partial charge in [0.25, 0.3) is 5.91 Å². The van der Waals surface area contributed by atoms with Crippen molar-refractivity contribution in [3.63, 3.8) is 0 Å². The molecule has 2 amide bonds. The van der Waals surface area contributed by atoms with Crippen molar-refractivity contribution < 1.29 is 19.1 Å². The lowest BCUT2D eigenvalue weighted by atomic mass is 10.1. The van der Waals surface area contributed by atoms with Crippen molar-refractivity contribution in [2.75, 3.05) is 17.2 Å². The summed E-state index contributed by atoms with van der Waals surface area (Å²) in [6.45, 7) is 3.86. The number of ether oxygens (including phenoxy) is 1. The molecule has 6 heteroatoms. The van der Waals surface area contributed by atoms with Gasteiger partial charge in [0.05, 0.1) is 13.0 Å². The standard InChI is InChI=1S/C20H22N2O4/c1-3-26-19(24)12-11-18(23)21-16-9-10-17(14(2)13-16)22-20(25)15-7-5-4-6-8-15/h4-10,13H,3,11-12H2,1-2H3,(H,21,23)(H,22,25). The van der Waals surface area contributed by atoms with Crippen LogP contribution in [0, 0.1) is 6.92 Å². The van der Waals surface area contributed by atoms with Gasteiger partial charge in [-0.25, -0.2) is 0 Å².